The molecular weight excluding hydrogens is 1280 g/mol. The van der Waals surface area contributed by atoms with E-state index in [0.29, 0.717) is 73.0 Å². The number of anilines is 2. The van der Waals surface area contributed by atoms with E-state index in [9.17, 15) is 53.3 Å². The number of hydrogen-bond donors (Lipinski definition) is 9. The highest BCUT2D eigenvalue weighted by atomic mass is 35.5. The van der Waals surface area contributed by atoms with Crippen molar-refractivity contribution in [2.24, 2.45) is 34.5 Å². The minimum Gasteiger partial charge on any atom is -0.495 e. The fourth-order valence-corrected chi connectivity index (χ4v) is 16.8. The number of likely N-dealkylation sites (tertiary alicyclic amines) is 1. The van der Waals surface area contributed by atoms with Crippen molar-refractivity contribution in [2.75, 3.05) is 63.6 Å². The molecule has 6 fully saturated rings. The molecule has 4 aromatic carbocycles. The molecule has 0 aromatic heterocycles. The number of aliphatic hydroxyl groups is 2. The molecule has 9 N–H and O–H groups in total. The number of ketones is 2. The summed E-state index contributed by atoms with van der Waals surface area (Å²) in [4.78, 5) is 101. The number of phosphoric acid groups is 1. The zero-order chi connectivity index (χ0) is 67.9. The first kappa shape index (κ1) is 70.1. The van der Waals surface area contributed by atoms with Gasteiger partial charge in [0.2, 0.25) is 11.7 Å². The number of hydrogen-bond acceptors (Lipinski definition) is 18. The summed E-state index contributed by atoms with van der Waals surface area (Å²) in [5.41, 5.74) is 1.87. The second-order valence-corrected chi connectivity index (χ2v) is 28.2. The van der Waals surface area contributed by atoms with E-state index < -0.39 is 86.1 Å². The Bertz CT molecular complexity index is 3640. The summed E-state index contributed by atoms with van der Waals surface area (Å²) < 4.78 is 52.9. The van der Waals surface area contributed by atoms with Crippen LogP contribution in [0.5, 0.6) is 11.5 Å². The van der Waals surface area contributed by atoms with Crippen LogP contribution in [0.25, 0.3) is 11.1 Å². The van der Waals surface area contributed by atoms with Gasteiger partial charge in [-0.05, 0) is 122 Å². The number of amides is 4. The Labute approximate surface area is 562 Å². The van der Waals surface area contributed by atoms with Gasteiger partial charge in [-0.25, -0.2) is 18.9 Å². The van der Waals surface area contributed by atoms with E-state index in [1.165, 1.54) is 25.3 Å². The largest absolute Gasteiger partial charge is 0.524 e. The number of Topliss-reactive ketones (excluding diaryl/α,β-unsaturated/α-hetero) is 1. The molecule has 4 saturated carbocycles. The third-order valence-corrected chi connectivity index (χ3v) is 21.5. The van der Waals surface area contributed by atoms with Gasteiger partial charge in [0.15, 0.2) is 24.3 Å². The van der Waals surface area contributed by atoms with Crippen molar-refractivity contribution < 1.29 is 86.3 Å². The van der Waals surface area contributed by atoms with Crippen molar-refractivity contribution in [1.29, 1.82) is 0 Å². The van der Waals surface area contributed by atoms with E-state index in [1.54, 1.807) is 24.3 Å². The summed E-state index contributed by atoms with van der Waals surface area (Å²) in [6.45, 7) is 4.44. The van der Waals surface area contributed by atoms with Crippen LogP contribution in [0, 0.1) is 34.5 Å². The van der Waals surface area contributed by atoms with Crippen molar-refractivity contribution >= 4 is 66.6 Å². The molecule has 5 aliphatic carbocycles. The second-order valence-electron chi connectivity index (χ2n) is 26.6. The number of allylic oxidation sites excluding steroid dienone is 4. The number of phosphoric ester groups is 1. The molecule has 10 atom stereocenters. The van der Waals surface area contributed by atoms with Crippen LogP contribution in [0.15, 0.2) is 109 Å². The number of nitrogens with zero attached hydrogens (tertiary/aromatic N) is 1. The molecule has 7 aliphatic rings. The van der Waals surface area contributed by atoms with Crippen molar-refractivity contribution in [1.82, 2.24) is 20.9 Å². The smallest absolute Gasteiger partial charge is 0.495 e. The predicted molar refractivity (Wildman–Crippen MR) is 353 cm³/mol. The predicted octanol–water partition coefficient (Wildman–Crippen LogP) is 9.82. The Hall–Kier alpha value is -7.22. The zero-order valence-corrected chi connectivity index (χ0v) is 55.8. The second kappa shape index (κ2) is 30.3. The molecule has 96 heavy (non-hydrogen) atoms. The number of carbonyl (C=O) groups is 6. The van der Waals surface area contributed by atoms with E-state index in [-0.39, 0.29) is 97.4 Å². The average molecular weight is 1370 g/mol. The van der Waals surface area contributed by atoms with Crippen molar-refractivity contribution in [3.05, 3.63) is 130 Å². The van der Waals surface area contributed by atoms with Crippen LogP contribution in [0.1, 0.15) is 114 Å². The molecule has 0 bridgehead atoms. The highest BCUT2D eigenvalue weighted by Crippen LogP contribution is 2.70. The molecule has 0 spiro atoms. The molecule has 4 amide bonds. The molecule has 2 saturated heterocycles. The molecule has 4 aromatic rings. The van der Waals surface area contributed by atoms with Crippen LogP contribution in [0.4, 0.5) is 25.8 Å². The van der Waals surface area contributed by atoms with Gasteiger partial charge in [-0.15, -0.1) is 0 Å². The summed E-state index contributed by atoms with van der Waals surface area (Å²) in [6.07, 6.45) is 7.83. The highest BCUT2D eigenvalue weighted by Gasteiger charge is 2.76. The fourth-order valence-electron chi connectivity index (χ4n) is 16.1. The number of halogens is 1. The number of ether oxygens (including phenoxy) is 6. The number of alkyl carbamates (subject to hydrolysis) is 2. The van der Waals surface area contributed by atoms with Crippen LogP contribution < -0.4 is 35.8 Å². The molecule has 24 nitrogen and oxygen atoms in total. The molecule has 2 aliphatic heterocycles. The summed E-state index contributed by atoms with van der Waals surface area (Å²) >= 11 is 6.71. The highest BCUT2D eigenvalue weighted by molar-refractivity contribution is 7.46. The lowest BCUT2D eigenvalue weighted by Gasteiger charge is -2.59. The first-order valence-electron chi connectivity index (χ1n) is 33.1. The molecule has 2 heterocycles. The number of piperidine rings is 1. The van der Waals surface area contributed by atoms with Crippen molar-refractivity contribution in [3.8, 4) is 22.6 Å². The van der Waals surface area contributed by atoms with E-state index in [0.717, 1.165) is 55.2 Å². The van der Waals surface area contributed by atoms with Crippen LogP contribution in [0.3, 0.4) is 0 Å². The van der Waals surface area contributed by atoms with E-state index in [4.69, 9.17) is 44.5 Å². The molecule has 26 heteroatoms. The molecule has 0 radical (unpaired) electrons. The van der Waals surface area contributed by atoms with Crippen LogP contribution in [-0.4, -0.2) is 144 Å². The summed E-state index contributed by atoms with van der Waals surface area (Å²) in [5, 5.41) is 37.7. The number of aliphatic hydroxyl groups excluding tert-OH is 2. The van der Waals surface area contributed by atoms with Crippen LogP contribution in [-0.2, 0) is 55.8 Å². The monoisotopic (exact) mass is 1360 g/mol. The van der Waals surface area contributed by atoms with E-state index in [1.807, 2.05) is 67.6 Å². The minimum atomic E-state index is -5.10. The van der Waals surface area contributed by atoms with E-state index in [2.05, 4.69) is 38.4 Å². The Balaban J connectivity index is 0.616. The van der Waals surface area contributed by atoms with Gasteiger partial charge in [-0.3, -0.25) is 29.5 Å². The van der Waals surface area contributed by atoms with Gasteiger partial charge in [-0.2, -0.15) is 0 Å². The van der Waals surface area contributed by atoms with Crippen molar-refractivity contribution in [3.63, 3.8) is 0 Å². The Kier molecular flexibility index (Phi) is 22.1. The number of methoxy groups -OCH3 is 1. The first-order chi connectivity index (χ1) is 46.0. The van der Waals surface area contributed by atoms with Crippen molar-refractivity contribution in [2.45, 2.75) is 140 Å². The lowest BCUT2D eigenvalue weighted by molar-refractivity contribution is -0.209. The minimum absolute atomic E-state index is 0.00265. The number of carbonyl (C=O) groups excluding carboxylic acids is 6. The Morgan fingerprint density at radius 2 is 1.56 bits per heavy atom. The van der Waals surface area contributed by atoms with Crippen LogP contribution in [0.2, 0.25) is 5.02 Å². The summed E-state index contributed by atoms with van der Waals surface area (Å²) in [7, 11) is -3.64. The third-order valence-electron chi connectivity index (χ3n) is 20.8. The van der Waals surface area contributed by atoms with Gasteiger partial charge >= 0.3 is 26.1 Å². The maximum atomic E-state index is 14.9. The molecule has 11 rings (SSSR count). The molecule has 516 valence electrons. The van der Waals surface area contributed by atoms with Gasteiger partial charge in [0.1, 0.15) is 24.2 Å². The Morgan fingerprint density at radius 3 is 2.30 bits per heavy atom. The summed E-state index contributed by atoms with van der Waals surface area (Å²) in [5.74, 6) is -0.892. The van der Waals surface area contributed by atoms with E-state index >= 15 is 0 Å². The quantitative estimate of drug-likeness (QED) is 0.0179. The van der Waals surface area contributed by atoms with Gasteiger partial charge in [-0.1, -0.05) is 111 Å². The molecule has 10 unspecified atom stereocenters. The number of fused-ring (bicyclic) bond motifs is 7. The average Bonchev–Trinajstić information content (AvgIpc) is 1.60. The first-order valence-corrected chi connectivity index (χ1v) is 35.0. The van der Waals surface area contributed by atoms with Gasteiger partial charge in [0.25, 0.3) is 0 Å². The number of nitrogens with one attached hydrogen (secondary N) is 5. The topological polar surface area (TPSA) is 328 Å². The normalized spacial score (nSPS) is 26.8. The SMILES string of the molecule is COc1cc(CNCC(O)c2ccc(OP(=O)(O)O)c(COC(=O)NCCNC(=O)OCC(=O)C34OC(C5CCCCC5)OC3CC3C5CCC6=CC(=O)C=CC6(C)C5C(O)CC34C)c2)c(Cl)cc1NC(=O)CCN1CCC(OC(=O)Nc2ccccc2-c2ccccc2)CC1. The maximum Gasteiger partial charge on any atom is 0.524 e. The number of para-hydroxylation sites is 1. The fraction of sp³-hybridized carbons (Fsp3) is 0.514. The van der Waals surface area contributed by atoms with Crippen LogP contribution >= 0.6 is 19.4 Å². The zero-order valence-electron chi connectivity index (χ0n) is 54.1. The number of rotatable bonds is 24. The standard InChI is InChI=1S/C70H86ClN6O18P/c1-68-26-22-48(78)34-47(68)19-20-51-52-35-61-70(69(52,2)37-56(79)63(51)68,94-64(93-61)43-14-8-5-9-15-43)60(81)41-91-66(84)74-28-27-73-65(83)90-40-46-32-44(18-21-58(46)95-96(86,87)88)57(80)39-72-38-45-33-59(89-3)55(36-53(45)71)75-62(82)25-31-77-29-23-49(24-30-77)92-67(85)76-54-17-11-10-16-50(54)42-12-6-4-7-13-42/h4,6-7,10-13,16-18,21-22,26,32-34,36,43,49,51-52,56-57,61,63-64,72,79-80H,5,8-9,14-15,19-20,23-25,27-31,35,37-41H2,1-3H3,(H,73,83)(H,74,84)(H,75,82)(H,76,85)(H2,86,87,88). The third kappa shape index (κ3) is 15.7. The Morgan fingerprint density at radius 1 is 0.833 bits per heavy atom. The maximum absolute atomic E-state index is 14.9. The van der Waals surface area contributed by atoms with Gasteiger partial charge in [0, 0.05) is 91.0 Å². The molecular formula is C70H86ClN6O18P. The summed E-state index contributed by atoms with van der Waals surface area (Å²) in [6, 6.07) is 24.5. The lowest BCUT2D eigenvalue weighted by Crippen LogP contribution is -2.63. The lowest BCUT2D eigenvalue weighted by atomic mass is 9.46. The van der Waals surface area contributed by atoms with Gasteiger partial charge < -0.3 is 69.3 Å². The van der Waals surface area contributed by atoms with Gasteiger partial charge in [0.05, 0.1) is 36.8 Å². The number of benzene rings is 4.